The molecule has 3 amide bonds. The molecule has 1 fully saturated rings. The smallest absolute Gasteiger partial charge is 0.329 e. The van der Waals surface area contributed by atoms with Crippen molar-refractivity contribution in [3.8, 4) is 11.5 Å². The van der Waals surface area contributed by atoms with E-state index >= 15 is 0 Å². The predicted molar refractivity (Wildman–Crippen MR) is 117 cm³/mol. The third-order valence-corrected chi connectivity index (χ3v) is 4.97. The lowest BCUT2D eigenvalue weighted by atomic mass is 10.1. The lowest BCUT2D eigenvalue weighted by Crippen LogP contribution is -2.31. The number of hydrogen-bond acceptors (Lipinski definition) is 4. The molecular formula is C22H22Cl2N2O4. The van der Waals surface area contributed by atoms with Gasteiger partial charge in [0.25, 0.3) is 5.91 Å². The second kappa shape index (κ2) is 9.87. The van der Waals surface area contributed by atoms with Crippen molar-refractivity contribution in [2.45, 2.75) is 26.9 Å². The lowest BCUT2D eigenvalue weighted by molar-refractivity contribution is -0.122. The molecule has 0 saturated carbocycles. The maximum Gasteiger partial charge on any atom is 0.329 e. The summed E-state index contributed by atoms with van der Waals surface area (Å²) in [7, 11) is 0. The Morgan fingerprint density at radius 3 is 2.53 bits per heavy atom. The number of ether oxygens (including phenoxy) is 2. The molecule has 0 spiro atoms. The minimum Gasteiger partial charge on any atom is -0.490 e. The number of rotatable bonds is 8. The standard InChI is InChI=1S/C22H22Cl2N2O4/c1-3-9-26-21(27)18(25-22(26)28)10-14-5-8-19(20(11-14)29-4-2)30-13-15-6-7-16(23)12-17(15)24/h5-8,10-12H,3-4,9,13H2,1-2H3,(H,25,28)/b18-10+. The minimum atomic E-state index is -0.405. The van der Waals surface area contributed by atoms with Crippen molar-refractivity contribution in [2.75, 3.05) is 13.2 Å². The first-order valence-corrected chi connectivity index (χ1v) is 10.4. The molecule has 1 aliphatic rings. The van der Waals surface area contributed by atoms with Crippen LogP contribution in [0.3, 0.4) is 0 Å². The van der Waals surface area contributed by atoms with E-state index in [1.54, 1.807) is 42.5 Å². The Kier molecular flexibility index (Phi) is 7.24. The predicted octanol–water partition coefficient (Wildman–Crippen LogP) is 5.27. The second-order valence-corrected chi connectivity index (χ2v) is 7.45. The van der Waals surface area contributed by atoms with Gasteiger partial charge in [-0.05, 0) is 49.2 Å². The Morgan fingerprint density at radius 1 is 1.03 bits per heavy atom. The van der Waals surface area contributed by atoms with Gasteiger partial charge in [0, 0.05) is 22.2 Å². The highest BCUT2D eigenvalue weighted by molar-refractivity contribution is 6.35. The first-order valence-electron chi connectivity index (χ1n) is 9.61. The molecule has 1 heterocycles. The van der Waals surface area contributed by atoms with E-state index in [1.165, 1.54) is 4.90 Å². The first-order chi connectivity index (χ1) is 14.4. The number of nitrogens with zero attached hydrogens (tertiary/aromatic N) is 1. The molecular weight excluding hydrogens is 427 g/mol. The van der Waals surface area contributed by atoms with Gasteiger partial charge in [0.05, 0.1) is 6.61 Å². The van der Waals surface area contributed by atoms with Crippen LogP contribution in [0, 0.1) is 0 Å². The summed E-state index contributed by atoms with van der Waals surface area (Å²) in [5, 5.41) is 3.69. The molecule has 1 saturated heterocycles. The van der Waals surface area contributed by atoms with Crippen molar-refractivity contribution in [3.05, 3.63) is 63.3 Å². The molecule has 0 aromatic heterocycles. The highest BCUT2D eigenvalue weighted by Gasteiger charge is 2.32. The molecule has 0 bridgehead atoms. The lowest BCUT2D eigenvalue weighted by Gasteiger charge is -2.13. The third-order valence-electron chi connectivity index (χ3n) is 4.39. The van der Waals surface area contributed by atoms with Crippen LogP contribution in [0.25, 0.3) is 6.08 Å². The Hall–Kier alpha value is -2.70. The van der Waals surface area contributed by atoms with Crippen LogP contribution in [0.1, 0.15) is 31.4 Å². The first kappa shape index (κ1) is 22.0. The highest BCUT2D eigenvalue weighted by atomic mass is 35.5. The van der Waals surface area contributed by atoms with Crippen LogP contribution >= 0.6 is 23.2 Å². The molecule has 0 aliphatic carbocycles. The van der Waals surface area contributed by atoms with Gasteiger partial charge in [-0.15, -0.1) is 0 Å². The van der Waals surface area contributed by atoms with Crippen LogP contribution in [-0.2, 0) is 11.4 Å². The number of benzene rings is 2. The van der Waals surface area contributed by atoms with Gasteiger partial charge in [0.2, 0.25) is 0 Å². The van der Waals surface area contributed by atoms with E-state index in [9.17, 15) is 9.59 Å². The summed E-state index contributed by atoms with van der Waals surface area (Å²) in [5.41, 5.74) is 1.74. The number of imide groups is 1. The van der Waals surface area contributed by atoms with Gasteiger partial charge in [0.15, 0.2) is 11.5 Å². The van der Waals surface area contributed by atoms with Gasteiger partial charge in [-0.25, -0.2) is 4.79 Å². The van der Waals surface area contributed by atoms with Crippen LogP contribution < -0.4 is 14.8 Å². The molecule has 1 N–H and O–H groups in total. The molecule has 2 aromatic rings. The molecule has 0 unspecified atom stereocenters. The van der Waals surface area contributed by atoms with E-state index in [0.29, 0.717) is 46.7 Å². The fourth-order valence-corrected chi connectivity index (χ4v) is 3.42. The summed E-state index contributed by atoms with van der Waals surface area (Å²) in [4.78, 5) is 25.6. The second-order valence-electron chi connectivity index (χ2n) is 6.61. The monoisotopic (exact) mass is 448 g/mol. The molecule has 0 atom stereocenters. The van der Waals surface area contributed by atoms with E-state index in [-0.39, 0.29) is 18.2 Å². The van der Waals surface area contributed by atoms with Crippen molar-refractivity contribution >= 4 is 41.2 Å². The van der Waals surface area contributed by atoms with E-state index in [2.05, 4.69) is 5.32 Å². The summed E-state index contributed by atoms with van der Waals surface area (Å²) in [6, 6.07) is 10.1. The Bertz CT molecular complexity index is 991. The number of carbonyl (C=O) groups excluding carboxylic acids is 2. The van der Waals surface area contributed by atoms with Gasteiger partial charge >= 0.3 is 6.03 Å². The van der Waals surface area contributed by atoms with Crippen molar-refractivity contribution < 1.29 is 19.1 Å². The molecule has 1 aliphatic heterocycles. The zero-order chi connectivity index (χ0) is 21.7. The summed E-state index contributed by atoms with van der Waals surface area (Å²) in [6.45, 7) is 4.85. The van der Waals surface area contributed by atoms with Crippen molar-refractivity contribution in [1.29, 1.82) is 0 Å². The maximum absolute atomic E-state index is 12.4. The summed E-state index contributed by atoms with van der Waals surface area (Å²) >= 11 is 12.1. The average molecular weight is 449 g/mol. The van der Waals surface area contributed by atoms with Gasteiger partial charge < -0.3 is 14.8 Å². The fraction of sp³-hybridized carbons (Fsp3) is 0.273. The van der Waals surface area contributed by atoms with Crippen LogP contribution in [0.5, 0.6) is 11.5 Å². The number of urea groups is 1. The quantitative estimate of drug-likeness (QED) is 0.440. The number of nitrogens with one attached hydrogen (secondary N) is 1. The number of amides is 3. The SMILES string of the molecule is CCCN1C(=O)N/C(=C/c2ccc(OCc3ccc(Cl)cc3Cl)c(OCC)c2)C1=O. The minimum absolute atomic E-state index is 0.234. The van der Waals surface area contributed by atoms with E-state index in [4.69, 9.17) is 32.7 Å². The molecule has 6 nitrogen and oxygen atoms in total. The Balaban J connectivity index is 1.79. The van der Waals surface area contributed by atoms with E-state index in [0.717, 1.165) is 5.56 Å². The van der Waals surface area contributed by atoms with Gasteiger partial charge in [-0.1, -0.05) is 42.3 Å². The van der Waals surface area contributed by atoms with E-state index in [1.807, 2.05) is 13.8 Å². The van der Waals surface area contributed by atoms with Crippen LogP contribution in [0.15, 0.2) is 42.1 Å². The van der Waals surface area contributed by atoms with Crippen molar-refractivity contribution in [1.82, 2.24) is 10.2 Å². The number of carbonyl (C=O) groups is 2. The van der Waals surface area contributed by atoms with Crippen molar-refractivity contribution in [3.63, 3.8) is 0 Å². The van der Waals surface area contributed by atoms with Gasteiger partial charge in [-0.3, -0.25) is 9.69 Å². The molecule has 2 aromatic carbocycles. The zero-order valence-corrected chi connectivity index (χ0v) is 18.2. The Labute approximate surface area is 185 Å². The topological polar surface area (TPSA) is 67.9 Å². The van der Waals surface area contributed by atoms with Crippen molar-refractivity contribution in [2.24, 2.45) is 0 Å². The largest absolute Gasteiger partial charge is 0.490 e. The summed E-state index contributed by atoms with van der Waals surface area (Å²) in [6.07, 6.45) is 2.32. The molecule has 8 heteroatoms. The average Bonchev–Trinajstić information content (AvgIpc) is 2.96. The zero-order valence-electron chi connectivity index (χ0n) is 16.7. The molecule has 3 rings (SSSR count). The highest BCUT2D eigenvalue weighted by Crippen LogP contribution is 2.31. The molecule has 0 radical (unpaired) electrons. The van der Waals surface area contributed by atoms with E-state index < -0.39 is 6.03 Å². The summed E-state index contributed by atoms with van der Waals surface area (Å²) < 4.78 is 11.6. The van der Waals surface area contributed by atoms with Gasteiger partial charge in [-0.2, -0.15) is 0 Å². The van der Waals surface area contributed by atoms with Crippen LogP contribution in [-0.4, -0.2) is 30.0 Å². The maximum atomic E-state index is 12.4. The van der Waals surface area contributed by atoms with Crippen LogP contribution in [0.4, 0.5) is 4.79 Å². The normalized spacial score (nSPS) is 14.9. The fourth-order valence-electron chi connectivity index (χ4n) is 2.96. The number of halogens is 2. The number of hydrogen-bond donors (Lipinski definition) is 1. The Morgan fingerprint density at radius 2 is 1.83 bits per heavy atom. The molecule has 30 heavy (non-hydrogen) atoms. The molecule has 158 valence electrons. The summed E-state index contributed by atoms with van der Waals surface area (Å²) in [5.74, 6) is 0.732. The van der Waals surface area contributed by atoms with Gasteiger partial charge in [0.1, 0.15) is 12.3 Å². The third kappa shape index (κ3) is 5.07. The van der Waals surface area contributed by atoms with Crippen LogP contribution in [0.2, 0.25) is 10.0 Å².